The van der Waals surface area contributed by atoms with Gasteiger partial charge in [0, 0.05) is 18.2 Å². The van der Waals surface area contributed by atoms with E-state index in [4.69, 9.17) is 10.9 Å². The van der Waals surface area contributed by atoms with Gasteiger partial charge in [0.15, 0.2) is 5.84 Å². The minimum absolute atomic E-state index is 0.162. The molecule has 3 N–H and O–H groups in total. The highest BCUT2D eigenvalue weighted by Gasteiger charge is 2.18. The Kier molecular flexibility index (Phi) is 5.01. The molecule has 0 amide bonds. The molecule has 1 unspecified atom stereocenters. The summed E-state index contributed by atoms with van der Waals surface area (Å²) in [5.74, 6) is 0.162. The highest BCUT2D eigenvalue weighted by atomic mass is 16.4. The predicted octanol–water partition coefficient (Wildman–Crippen LogP) is 2.71. The van der Waals surface area contributed by atoms with E-state index in [2.05, 4.69) is 43.8 Å². The molecule has 1 aromatic carbocycles. The first-order chi connectivity index (χ1) is 8.56. The number of aryl methyl sites for hydroxylation is 1. The molecule has 0 saturated heterocycles. The molecule has 0 aliphatic carbocycles. The molecule has 0 spiro atoms. The zero-order valence-corrected chi connectivity index (χ0v) is 11.6. The molecule has 0 radical (unpaired) electrons. The number of oxime groups is 1. The van der Waals surface area contributed by atoms with Gasteiger partial charge in [0.05, 0.1) is 5.69 Å². The minimum Gasteiger partial charge on any atom is -0.409 e. The van der Waals surface area contributed by atoms with E-state index in [9.17, 15) is 0 Å². The summed E-state index contributed by atoms with van der Waals surface area (Å²) in [5.41, 5.74) is 8.76. The number of rotatable bonds is 5. The monoisotopic (exact) mass is 249 g/mol. The maximum atomic E-state index is 8.90. The molecule has 1 atom stereocenters. The first-order valence-corrected chi connectivity index (χ1v) is 6.40. The molecule has 1 aromatic rings. The Labute approximate surface area is 109 Å². The van der Waals surface area contributed by atoms with Crippen molar-refractivity contribution in [3.63, 3.8) is 0 Å². The number of hydrogen-bond donors (Lipinski definition) is 2. The van der Waals surface area contributed by atoms with Gasteiger partial charge in [-0.05, 0) is 38.8 Å². The second kappa shape index (κ2) is 6.28. The number of para-hydroxylation sites is 1. The third kappa shape index (κ3) is 2.75. The zero-order chi connectivity index (χ0) is 13.7. The molecule has 0 bridgehead atoms. The second-order valence-corrected chi connectivity index (χ2v) is 4.50. The normalized spacial score (nSPS) is 13.4. The highest BCUT2D eigenvalue weighted by molar-refractivity contribution is 6.02. The van der Waals surface area contributed by atoms with Crippen molar-refractivity contribution < 1.29 is 5.21 Å². The molecule has 4 nitrogen and oxygen atoms in total. The van der Waals surface area contributed by atoms with Crippen LogP contribution in [0.2, 0.25) is 0 Å². The fraction of sp³-hybridized carbons (Fsp3) is 0.500. The summed E-state index contributed by atoms with van der Waals surface area (Å²) >= 11 is 0. The quantitative estimate of drug-likeness (QED) is 0.365. The van der Waals surface area contributed by atoms with Gasteiger partial charge in [-0.15, -0.1) is 0 Å². The van der Waals surface area contributed by atoms with Crippen LogP contribution in [-0.2, 0) is 0 Å². The Bertz CT molecular complexity index is 429. The Morgan fingerprint density at radius 3 is 2.61 bits per heavy atom. The summed E-state index contributed by atoms with van der Waals surface area (Å²) in [6.45, 7) is 9.41. The summed E-state index contributed by atoms with van der Waals surface area (Å²) in [4.78, 5) is 2.29. The van der Waals surface area contributed by atoms with E-state index in [1.165, 1.54) is 0 Å². The van der Waals surface area contributed by atoms with Gasteiger partial charge < -0.3 is 15.8 Å². The fourth-order valence-corrected chi connectivity index (χ4v) is 2.21. The van der Waals surface area contributed by atoms with E-state index in [1.807, 2.05) is 12.1 Å². The third-order valence-corrected chi connectivity index (χ3v) is 3.37. The molecule has 1 rings (SSSR count). The Balaban J connectivity index is 3.36. The van der Waals surface area contributed by atoms with Gasteiger partial charge in [-0.25, -0.2) is 0 Å². The first kappa shape index (κ1) is 14.4. The van der Waals surface area contributed by atoms with Crippen LogP contribution < -0.4 is 10.6 Å². The summed E-state index contributed by atoms with van der Waals surface area (Å²) in [6.07, 6.45) is 1.05. The Hall–Kier alpha value is -1.71. The van der Waals surface area contributed by atoms with E-state index < -0.39 is 0 Å². The number of hydrogen-bond acceptors (Lipinski definition) is 3. The smallest absolute Gasteiger partial charge is 0.172 e. The van der Waals surface area contributed by atoms with Crippen LogP contribution in [0.4, 0.5) is 5.69 Å². The van der Waals surface area contributed by atoms with Gasteiger partial charge in [-0.2, -0.15) is 0 Å². The largest absolute Gasteiger partial charge is 0.409 e. The molecule has 0 heterocycles. The van der Waals surface area contributed by atoms with Gasteiger partial charge >= 0.3 is 0 Å². The van der Waals surface area contributed by atoms with Gasteiger partial charge in [0.1, 0.15) is 0 Å². The van der Waals surface area contributed by atoms with Gasteiger partial charge in [-0.3, -0.25) is 0 Å². The molecular weight excluding hydrogens is 226 g/mol. The van der Waals surface area contributed by atoms with Crippen molar-refractivity contribution in [2.75, 3.05) is 11.4 Å². The van der Waals surface area contributed by atoms with Crippen LogP contribution in [0.1, 0.15) is 38.3 Å². The second-order valence-electron chi connectivity index (χ2n) is 4.50. The first-order valence-electron chi connectivity index (χ1n) is 6.40. The lowest BCUT2D eigenvalue weighted by Crippen LogP contribution is -2.35. The van der Waals surface area contributed by atoms with E-state index in [0.717, 1.165) is 29.8 Å². The fourth-order valence-electron chi connectivity index (χ4n) is 2.21. The van der Waals surface area contributed by atoms with E-state index in [0.29, 0.717) is 6.04 Å². The van der Waals surface area contributed by atoms with Crippen LogP contribution in [0.5, 0.6) is 0 Å². The minimum atomic E-state index is 0.162. The lowest BCUT2D eigenvalue weighted by Gasteiger charge is -2.32. The Morgan fingerprint density at radius 1 is 1.44 bits per heavy atom. The number of nitrogens with two attached hydrogens (primary N) is 1. The lowest BCUT2D eigenvalue weighted by molar-refractivity contribution is 0.318. The number of nitrogens with zero attached hydrogens (tertiary/aromatic N) is 2. The molecule has 18 heavy (non-hydrogen) atoms. The summed E-state index contributed by atoms with van der Waals surface area (Å²) < 4.78 is 0. The molecule has 4 heteroatoms. The molecule has 0 fully saturated rings. The van der Waals surface area contributed by atoms with Crippen LogP contribution >= 0.6 is 0 Å². The van der Waals surface area contributed by atoms with E-state index in [-0.39, 0.29) is 5.84 Å². The molecular formula is C14H23N3O. The topological polar surface area (TPSA) is 61.8 Å². The number of anilines is 1. The number of benzene rings is 1. The van der Waals surface area contributed by atoms with Gasteiger partial charge in [0.25, 0.3) is 0 Å². The average molecular weight is 249 g/mol. The van der Waals surface area contributed by atoms with Gasteiger partial charge in [-0.1, -0.05) is 24.2 Å². The van der Waals surface area contributed by atoms with Gasteiger partial charge in [0.2, 0.25) is 0 Å². The van der Waals surface area contributed by atoms with Crippen molar-refractivity contribution in [1.29, 1.82) is 0 Å². The highest BCUT2D eigenvalue weighted by Crippen LogP contribution is 2.27. The molecule has 100 valence electrons. The zero-order valence-electron chi connectivity index (χ0n) is 11.6. The van der Waals surface area contributed by atoms with Crippen molar-refractivity contribution in [2.45, 2.75) is 40.2 Å². The Morgan fingerprint density at radius 2 is 2.11 bits per heavy atom. The standard InChI is InChI=1S/C14H23N3O/c1-5-11(4)17(6-2)13-10(3)8-7-9-12(13)14(15)16-18/h7-9,11,18H,5-6H2,1-4H3,(H2,15,16). The molecule has 0 aliphatic rings. The van der Waals surface area contributed by atoms with Crippen molar-refractivity contribution >= 4 is 11.5 Å². The van der Waals surface area contributed by atoms with Crippen LogP contribution in [0.25, 0.3) is 0 Å². The summed E-state index contributed by atoms with van der Waals surface area (Å²) in [7, 11) is 0. The van der Waals surface area contributed by atoms with Crippen LogP contribution in [0, 0.1) is 6.92 Å². The van der Waals surface area contributed by atoms with Crippen LogP contribution in [-0.4, -0.2) is 23.6 Å². The molecule has 0 aromatic heterocycles. The summed E-state index contributed by atoms with van der Waals surface area (Å²) in [5, 5.41) is 12.0. The van der Waals surface area contributed by atoms with E-state index >= 15 is 0 Å². The SMILES string of the molecule is CCC(C)N(CC)c1c(C)cccc1/C(N)=N/O. The van der Waals surface area contributed by atoms with Crippen molar-refractivity contribution in [2.24, 2.45) is 10.9 Å². The van der Waals surface area contributed by atoms with E-state index in [1.54, 1.807) is 0 Å². The third-order valence-electron chi connectivity index (χ3n) is 3.37. The lowest BCUT2D eigenvalue weighted by atomic mass is 10.0. The van der Waals surface area contributed by atoms with Crippen molar-refractivity contribution in [3.8, 4) is 0 Å². The predicted molar refractivity (Wildman–Crippen MR) is 76.5 cm³/mol. The van der Waals surface area contributed by atoms with Crippen LogP contribution in [0.15, 0.2) is 23.4 Å². The summed E-state index contributed by atoms with van der Waals surface area (Å²) in [6, 6.07) is 6.29. The maximum absolute atomic E-state index is 8.90. The maximum Gasteiger partial charge on any atom is 0.172 e. The van der Waals surface area contributed by atoms with Crippen molar-refractivity contribution in [1.82, 2.24) is 0 Å². The van der Waals surface area contributed by atoms with Crippen molar-refractivity contribution in [3.05, 3.63) is 29.3 Å². The number of amidine groups is 1. The molecule has 0 saturated carbocycles. The average Bonchev–Trinajstić information content (AvgIpc) is 2.39. The van der Waals surface area contributed by atoms with Crippen LogP contribution in [0.3, 0.4) is 0 Å². The molecule has 0 aliphatic heterocycles.